The lowest BCUT2D eigenvalue weighted by Gasteiger charge is -2.59. The van der Waals surface area contributed by atoms with Gasteiger partial charge in [0, 0.05) is 16.7 Å². The summed E-state index contributed by atoms with van der Waals surface area (Å²) in [6, 6.07) is 2.38. The van der Waals surface area contributed by atoms with Gasteiger partial charge in [0.1, 0.15) is 5.82 Å². The zero-order valence-corrected chi connectivity index (χ0v) is 14.8. The predicted molar refractivity (Wildman–Crippen MR) is 90.6 cm³/mol. The van der Waals surface area contributed by atoms with E-state index in [1.165, 1.54) is 38.5 Å². The Labute approximate surface area is 140 Å². The second-order valence-electron chi connectivity index (χ2n) is 7.63. The topological polar surface area (TPSA) is 24.9 Å². The number of pyridine rings is 1. The van der Waals surface area contributed by atoms with Gasteiger partial charge >= 0.3 is 0 Å². The highest BCUT2D eigenvalue weighted by Gasteiger charge is 2.53. The molecule has 4 aliphatic rings. The van der Waals surface area contributed by atoms with Crippen LogP contribution in [0, 0.1) is 23.2 Å². The Morgan fingerprint density at radius 3 is 2.33 bits per heavy atom. The van der Waals surface area contributed by atoms with Gasteiger partial charge in [0.05, 0.1) is 5.02 Å². The van der Waals surface area contributed by atoms with E-state index in [1.54, 1.807) is 0 Å². The molecule has 4 saturated carbocycles. The lowest BCUT2D eigenvalue weighted by atomic mass is 9.48. The van der Waals surface area contributed by atoms with Gasteiger partial charge in [-0.25, -0.2) is 4.98 Å². The molecule has 1 aromatic rings. The highest BCUT2D eigenvalue weighted by Crippen LogP contribution is 2.61. The maximum atomic E-state index is 6.33. The fraction of sp³-hybridized carbons (Fsp3) is 0.706. The fourth-order valence-electron chi connectivity index (χ4n) is 5.59. The van der Waals surface area contributed by atoms with Crippen molar-refractivity contribution in [3.8, 4) is 0 Å². The van der Waals surface area contributed by atoms with E-state index in [-0.39, 0.29) is 0 Å². The molecule has 1 heterocycles. The van der Waals surface area contributed by atoms with E-state index in [9.17, 15) is 0 Å². The molecular weight excluding hydrogens is 348 g/mol. The summed E-state index contributed by atoms with van der Waals surface area (Å²) in [5.74, 6) is 3.78. The minimum absolute atomic E-state index is 0.456. The summed E-state index contributed by atoms with van der Waals surface area (Å²) in [6.45, 7) is 2.34. The number of nitrogens with one attached hydrogen (secondary N) is 1. The van der Waals surface area contributed by atoms with Gasteiger partial charge in [-0.3, -0.25) is 0 Å². The third kappa shape index (κ3) is 2.50. The summed E-state index contributed by atoms with van der Waals surface area (Å²) >= 11 is 9.75. The molecule has 0 saturated heterocycles. The van der Waals surface area contributed by atoms with Crippen molar-refractivity contribution < 1.29 is 0 Å². The average Bonchev–Trinajstić information content (AvgIpc) is 2.40. The highest BCUT2D eigenvalue weighted by atomic mass is 79.9. The van der Waals surface area contributed by atoms with Gasteiger partial charge in [-0.05, 0) is 90.6 Å². The zero-order valence-electron chi connectivity index (χ0n) is 12.4. The van der Waals surface area contributed by atoms with E-state index in [4.69, 9.17) is 11.6 Å². The zero-order chi connectivity index (χ0) is 14.6. The molecule has 114 valence electrons. The molecule has 0 spiro atoms. The number of hydrogen-bond acceptors (Lipinski definition) is 2. The molecule has 0 radical (unpaired) electrons. The molecule has 1 atom stereocenters. The predicted octanol–water partition coefficient (Wildman–Crippen LogP) is 5.51. The van der Waals surface area contributed by atoms with Crippen molar-refractivity contribution in [3.05, 3.63) is 21.8 Å². The van der Waals surface area contributed by atoms with Crippen LogP contribution in [0.25, 0.3) is 0 Å². The molecule has 4 aliphatic carbocycles. The minimum atomic E-state index is 0.456. The second kappa shape index (κ2) is 5.13. The van der Waals surface area contributed by atoms with Crippen molar-refractivity contribution in [1.29, 1.82) is 0 Å². The van der Waals surface area contributed by atoms with Crippen molar-refractivity contribution >= 4 is 33.3 Å². The van der Waals surface area contributed by atoms with Crippen LogP contribution >= 0.6 is 27.5 Å². The van der Waals surface area contributed by atoms with Crippen molar-refractivity contribution in [1.82, 2.24) is 4.98 Å². The normalized spacial score (nSPS) is 38.5. The number of anilines is 1. The first-order chi connectivity index (χ1) is 10.0. The summed E-state index contributed by atoms with van der Waals surface area (Å²) in [7, 11) is 0. The van der Waals surface area contributed by atoms with Crippen LogP contribution in [0.1, 0.15) is 45.4 Å². The Hall–Kier alpha value is -0.280. The molecule has 1 unspecified atom stereocenters. The summed E-state index contributed by atoms with van der Waals surface area (Å²) in [5, 5.41) is 4.34. The van der Waals surface area contributed by atoms with E-state index in [2.05, 4.69) is 33.2 Å². The van der Waals surface area contributed by atoms with E-state index in [0.717, 1.165) is 28.0 Å². The monoisotopic (exact) mass is 368 g/mol. The standard InChI is InChI=1S/C17H22BrClN2/c1-10(21-16-15(19)5-14(18)9-20-16)17-6-11-2-12(7-17)4-13(3-11)8-17/h5,9-13H,2-4,6-8H2,1H3,(H,20,21). The lowest BCUT2D eigenvalue weighted by Crippen LogP contribution is -2.53. The molecule has 0 amide bonds. The van der Waals surface area contributed by atoms with Crippen LogP contribution in [0.5, 0.6) is 0 Å². The minimum Gasteiger partial charge on any atom is -0.366 e. The van der Waals surface area contributed by atoms with Crippen LogP contribution in [0.3, 0.4) is 0 Å². The van der Waals surface area contributed by atoms with Gasteiger partial charge in [0.2, 0.25) is 0 Å². The summed E-state index contributed by atoms with van der Waals surface area (Å²) < 4.78 is 0.931. The Morgan fingerprint density at radius 1 is 1.24 bits per heavy atom. The van der Waals surface area contributed by atoms with Gasteiger partial charge in [-0.15, -0.1) is 0 Å². The third-order valence-electron chi connectivity index (χ3n) is 6.17. The van der Waals surface area contributed by atoms with Gasteiger partial charge in [-0.2, -0.15) is 0 Å². The van der Waals surface area contributed by atoms with Crippen molar-refractivity contribution in [2.75, 3.05) is 5.32 Å². The molecule has 21 heavy (non-hydrogen) atoms. The lowest BCUT2D eigenvalue weighted by molar-refractivity contribution is -0.0603. The molecule has 1 N–H and O–H groups in total. The smallest absolute Gasteiger partial charge is 0.145 e. The van der Waals surface area contributed by atoms with Crippen molar-refractivity contribution in [2.24, 2.45) is 23.2 Å². The first-order valence-corrected chi connectivity index (χ1v) is 9.29. The second-order valence-corrected chi connectivity index (χ2v) is 8.95. The van der Waals surface area contributed by atoms with Crippen LogP contribution in [0.15, 0.2) is 16.7 Å². The maximum Gasteiger partial charge on any atom is 0.145 e. The largest absolute Gasteiger partial charge is 0.366 e. The van der Waals surface area contributed by atoms with E-state index in [0.29, 0.717) is 16.5 Å². The SMILES string of the molecule is CC(Nc1ncc(Br)cc1Cl)C12CC3CC(CC(C3)C1)C2. The van der Waals surface area contributed by atoms with E-state index < -0.39 is 0 Å². The van der Waals surface area contributed by atoms with Gasteiger partial charge in [0.25, 0.3) is 0 Å². The molecule has 5 rings (SSSR count). The molecule has 4 heteroatoms. The summed E-state index contributed by atoms with van der Waals surface area (Å²) in [6.07, 6.45) is 10.5. The Bertz CT molecular complexity index is 524. The van der Waals surface area contributed by atoms with Gasteiger partial charge in [-0.1, -0.05) is 11.6 Å². The number of aromatic nitrogens is 1. The molecule has 0 aromatic carbocycles. The van der Waals surface area contributed by atoms with Crippen LogP contribution in [0.2, 0.25) is 5.02 Å². The molecule has 4 bridgehead atoms. The van der Waals surface area contributed by atoms with Crippen LogP contribution < -0.4 is 5.32 Å². The van der Waals surface area contributed by atoms with Gasteiger partial charge in [0.15, 0.2) is 0 Å². The van der Waals surface area contributed by atoms with Gasteiger partial charge < -0.3 is 5.32 Å². The molecule has 2 nitrogen and oxygen atoms in total. The quantitative estimate of drug-likeness (QED) is 0.759. The highest BCUT2D eigenvalue weighted by molar-refractivity contribution is 9.10. The molecule has 4 fully saturated rings. The average molecular weight is 370 g/mol. The summed E-state index contributed by atoms with van der Waals surface area (Å²) in [4.78, 5) is 4.46. The number of rotatable bonds is 3. The number of hydrogen-bond donors (Lipinski definition) is 1. The first-order valence-electron chi connectivity index (χ1n) is 8.12. The van der Waals surface area contributed by atoms with E-state index >= 15 is 0 Å². The Morgan fingerprint density at radius 2 is 1.81 bits per heavy atom. The van der Waals surface area contributed by atoms with Crippen molar-refractivity contribution in [3.63, 3.8) is 0 Å². The van der Waals surface area contributed by atoms with Crippen LogP contribution in [0.4, 0.5) is 5.82 Å². The van der Waals surface area contributed by atoms with E-state index in [1.807, 2.05) is 12.3 Å². The Kier molecular flexibility index (Phi) is 3.50. The van der Waals surface area contributed by atoms with Crippen LogP contribution in [-0.4, -0.2) is 11.0 Å². The molecular formula is C17H22BrClN2. The first kappa shape index (κ1) is 14.3. The number of halogens is 2. The molecule has 0 aliphatic heterocycles. The van der Waals surface area contributed by atoms with Crippen LogP contribution in [-0.2, 0) is 0 Å². The molecule has 1 aromatic heterocycles. The maximum absolute atomic E-state index is 6.33. The Balaban J connectivity index is 1.56. The third-order valence-corrected chi connectivity index (χ3v) is 6.89. The summed E-state index contributed by atoms with van der Waals surface area (Å²) in [5.41, 5.74) is 0.479. The number of nitrogens with zero attached hydrogens (tertiary/aromatic N) is 1. The van der Waals surface area contributed by atoms with Crippen molar-refractivity contribution in [2.45, 2.75) is 51.5 Å². The fourth-order valence-corrected chi connectivity index (χ4v) is 6.27.